The minimum Gasteiger partial charge on any atom is -0.312 e. The Bertz CT molecular complexity index is 569. The van der Waals surface area contributed by atoms with E-state index in [1.165, 1.54) is 5.56 Å². The van der Waals surface area contributed by atoms with E-state index in [0.29, 0.717) is 6.04 Å². The molecule has 0 radical (unpaired) electrons. The van der Waals surface area contributed by atoms with Crippen LogP contribution in [0.15, 0.2) is 41.1 Å². The van der Waals surface area contributed by atoms with Crippen LogP contribution in [0.3, 0.4) is 0 Å². The van der Waals surface area contributed by atoms with Gasteiger partial charge in [0.15, 0.2) is 0 Å². The third-order valence-corrected chi connectivity index (χ3v) is 4.11. The minimum atomic E-state index is 0. The van der Waals surface area contributed by atoms with Gasteiger partial charge in [-0.3, -0.25) is 4.90 Å². The second-order valence-corrected chi connectivity index (χ2v) is 6.28. The van der Waals surface area contributed by atoms with Crippen LogP contribution in [0, 0.1) is 0 Å². The van der Waals surface area contributed by atoms with Crippen molar-refractivity contribution in [2.45, 2.75) is 19.5 Å². The Morgan fingerprint density at radius 1 is 1.33 bits per heavy atom. The van der Waals surface area contributed by atoms with Crippen LogP contribution in [-0.4, -0.2) is 40.4 Å². The first-order valence-corrected chi connectivity index (χ1v) is 7.75. The Labute approximate surface area is 140 Å². The number of hydrogen-bond acceptors (Lipinski definition) is 3. The molecule has 0 amide bonds. The summed E-state index contributed by atoms with van der Waals surface area (Å²) in [6.45, 7) is 6.49. The van der Waals surface area contributed by atoms with Crippen LogP contribution in [0.5, 0.6) is 0 Å². The summed E-state index contributed by atoms with van der Waals surface area (Å²) in [6.07, 6.45) is 4.09. The molecule has 1 aliphatic rings. The van der Waals surface area contributed by atoms with Crippen molar-refractivity contribution >= 4 is 28.3 Å². The number of piperazine rings is 1. The lowest BCUT2D eigenvalue weighted by atomic mass is 10.2. The van der Waals surface area contributed by atoms with Crippen LogP contribution in [0.25, 0.3) is 5.69 Å². The van der Waals surface area contributed by atoms with E-state index >= 15 is 0 Å². The second kappa shape index (κ2) is 7.40. The summed E-state index contributed by atoms with van der Waals surface area (Å²) < 4.78 is 3.02. The molecule has 21 heavy (non-hydrogen) atoms. The smallest absolute Gasteiger partial charge is 0.0646 e. The van der Waals surface area contributed by atoms with Crippen molar-refractivity contribution in [3.63, 3.8) is 0 Å². The van der Waals surface area contributed by atoms with Gasteiger partial charge in [0.25, 0.3) is 0 Å². The van der Waals surface area contributed by atoms with E-state index in [0.717, 1.165) is 36.3 Å². The molecule has 1 aromatic carbocycles. The number of nitrogens with zero attached hydrogens (tertiary/aromatic N) is 3. The van der Waals surface area contributed by atoms with Crippen LogP contribution in [0.4, 0.5) is 0 Å². The van der Waals surface area contributed by atoms with Gasteiger partial charge in [0.05, 0.1) is 11.9 Å². The van der Waals surface area contributed by atoms with E-state index in [1.807, 2.05) is 23.0 Å². The lowest BCUT2D eigenvalue weighted by Crippen LogP contribution is -2.48. The molecule has 1 N–H and O–H groups in total. The van der Waals surface area contributed by atoms with Gasteiger partial charge in [0.1, 0.15) is 0 Å². The fraction of sp³-hybridized carbons (Fsp3) is 0.400. The summed E-state index contributed by atoms with van der Waals surface area (Å²) in [4.78, 5) is 2.48. The highest BCUT2D eigenvalue weighted by Crippen LogP contribution is 2.15. The van der Waals surface area contributed by atoms with Gasteiger partial charge in [0, 0.05) is 48.5 Å². The van der Waals surface area contributed by atoms with E-state index in [4.69, 9.17) is 0 Å². The summed E-state index contributed by atoms with van der Waals surface area (Å²) in [7, 11) is 0. The first-order valence-electron chi connectivity index (χ1n) is 6.96. The zero-order valence-corrected chi connectivity index (χ0v) is 14.4. The van der Waals surface area contributed by atoms with E-state index in [2.05, 4.69) is 56.5 Å². The van der Waals surface area contributed by atoms with Gasteiger partial charge in [-0.05, 0) is 31.2 Å². The predicted octanol–water partition coefficient (Wildman–Crippen LogP) is 2.85. The number of aromatic nitrogens is 2. The van der Waals surface area contributed by atoms with Crippen LogP contribution in [-0.2, 0) is 6.54 Å². The minimum absolute atomic E-state index is 0. The van der Waals surface area contributed by atoms with Gasteiger partial charge in [-0.2, -0.15) is 5.10 Å². The molecule has 1 fully saturated rings. The highest BCUT2D eigenvalue weighted by Gasteiger charge is 2.16. The standard InChI is InChI=1S/C15H19BrN4.ClH/c1-12-9-19(7-6-17-12)10-13-8-18-20(11-13)15-4-2-14(16)3-5-15;/h2-5,8,11-12,17H,6-7,9-10H2,1H3;1H/t12-;/m1./s1. The molecule has 0 bridgehead atoms. The number of nitrogens with one attached hydrogen (secondary N) is 1. The lowest BCUT2D eigenvalue weighted by molar-refractivity contribution is 0.199. The molecule has 1 atom stereocenters. The summed E-state index contributed by atoms with van der Waals surface area (Å²) in [5.41, 5.74) is 2.36. The van der Waals surface area contributed by atoms with Gasteiger partial charge in [-0.1, -0.05) is 15.9 Å². The Hall–Kier alpha value is -0.880. The summed E-state index contributed by atoms with van der Waals surface area (Å²) in [5, 5.41) is 7.93. The van der Waals surface area contributed by atoms with Crippen LogP contribution in [0.1, 0.15) is 12.5 Å². The maximum absolute atomic E-state index is 4.46. The summed E-state index contributed by atoms with van der Waals surface area (Å²) in [5.74, 6) is 0. The molecule has 0 aliphatic carbocycles. The third kappa shape index (κ3) is 4.30. The summed E-state index contributed by atoms with van der Waals surface area (Å²) in [6, 6.07) is 8.77. The highest BCUT2D eigenvalue weighted by atomic mass is 79.9. The van der Waals surface area contributed by atoms with Gasteiger partial charge >= 0.3 is 0 Å². The van der Waals surface area contributed by atoms with E-state index < -0.39 is 0 Å². The predicted molar refractivity (Wildman–Crippen MR) is 91.3 cm³/mol. The average molecular weight is 372 g/mol. The van der Waals surface area contributed by atoms with Crippen LogP contribution in [0.2, 0.25) is 0 Å². The molecule has 2 heterocycles. The monoisotopic (exact) mass is 370 g/mol. The fourth-order valence-electron chi connectivity index (χ4n) is 2.59. The van der Waals surface area contributed by atoms with E-state index in [-0.39, 0.29) is 12.4 Å². The number of rotatable bonds is 3. The first kappa shape index (κ1) is 16.5. The van der Waals surface area contributed by atoms with Crippen molar-refractivity contribution in [3.8, 4) is 5.69 Å². The molecular weight excluding hydrogens is 352 g/mol. The molecule has 1 aromatic heterocycles. The van der Waals surface area contributed by atoms with Gasteiger partial charge < -0.3 is 5.32 Å². The molecule has 0 saturated carbocycles. The molecule has 114 valence electrons. The molecule has 1 saturated heterocycles. The number of benzene rings is 1. The van der Waals surface area contributed by atoms with E-state index in [1.54, 1.807) is 0 Å². The number of halogens is 2. The van der Waals surface area contributed by atoms with Crippen LogP contribution >= 0.6 is 28.3 Å². The zero-order valence-electron chi connectivity index (χ0n) is 12.0. The normalized spacial score (nSPS) is 19.2. The van der Waals surface area contributed by atoms with Crippen molar-refractivity contribution in [1.29, 1.82) is 0 Å². The molecule has 6 heteroatoms. The van der Waals surface area contributed by atoms with Crippen molar-refractivity contribution in [1.82, 2.24) is 20.0 Å². The second-order valence-electron chi connectivity index (χ2n) is 5.36. The first-order chi connectivity index (χ1) is 9.70. The molecule has 3 rings (SSSR count). The Balaban J connectivity index is 0.00000161. The average Bonchev–Trinajstić information content (AvgIpc) is 2.88. The quantitative estimate of drug-likeness (QED) is 0.900. The Morgan fingerprint density at radius 3 is 2.81 bits per heavy atom. The maximum Gasteiger partial charge on any atom is 0.0646 e. The molecule has 0 spiro atoms. The largest absolute Gasteiger partial charge is 0.312 e. The Morgan fingerprint density at radius 2 is 2.10 bits per heavy atom. The maximum atomic E-state index is 4.46. The summed E-state index contributed by atoms with van der Waals surface area (Å²) >= 11 is 3.45. The topological polar surface area (TPSA) is 33.1 Å². The highest BCUT2D eigenvalue weighted by molar-refractivity contribution is 9.10. The van der Waals surface area contributed by atoms with Crippen molar-refractivity contribution in [2.24, 2.45) is 0 Å². The fourth-order valence-corrected chi connectivity index (χ4v) is 2.86. The van der Waals surface area contributed by atoms with Gasteiger partial charge in [-0.15, -0.1) is 12.4 Å². The van der Waals surface area contributed by atoms with E-state index in [9.17, 15) is 0 Å². The molecule has 4 nitrogen and oxygen atoms in total. The molecular formula is C15H20BrClN4. The van der Waals surface area contributed by atoms with Gasteiger partial charge in [-0.25, -0.2) is 4.68 Å². The lowest BCUT2D eigenvalue weighted by Gasteiger charge is -2.31. The van der Waals surface area contributed by atoms with Crippen molar-refractivity contribution < 1.29 is 0 Å². The third-order valence-electron chi connectivity index (χ3n) is 3.59. The van der Waals surface area contributed by atoms with Crippen LogP contribution < -0.4 is 5.32 Å². The van der Waals surface area contributed by atoms with Crippen molar-refractivity contribution in [2.75, 3.05) is 19.6 Å². The molecule has 2 aromatic rings. The number of hydrogen-bond donors (Lipinski definition) is 1. The Kier molecular flexibility index (Phi) is 5.81. The zero-order chi connectivity index (χ0) is 13.9. The van der Waals surface area contributed by atoms with Gasteiger partial charge in [0.2, 0.25) is 0 Å². The molecule has 0 unspecified atom stereocenters. The SMILES string of the molecule is C[C@@H]1CN(Cc2cnn(-c3ccc(Br)cc3)c2)CCN1.Cl. The molecule has 1 aliphatic heterocycles. The van der Waals surface area contributed by atoms with Crippen molar-refractivity contribution in [3.05, 3.63) is 46.7 Å².